The van der Waals surface area contributed by atoms with Crippen LogP contribution in [-0.4, -0.2) is 32.0 Å². The van der Waals surface area contributed by atoms with E-state index in [2.05, 4.69) is 29.6 Å². The van der Waals surface area contributed by atoms with Gasteiger partial charge in [-0.15, -0.1) is 0 Å². The summed E-state index contributed by atoms with van der Waals surface area (Å²) < 4.78 is 11.1. The first-order chi connectivity index (χ1) is 7.38. The summed E-state index contributed by atoms with van der Waals surface area (Å²) in [6.45, 7) is 3.11. The minimum absolute atomic E-state index is 0.0225. The van der Waals surface area contributed by atoms with E-state index in [4.69, 9.17) is 9.47 Å². The summed E-state index contributed by atoms with van der Waals surface area (Å²) >= 11 is 0. The molecule has 3 heteroatoms. The van der Waals surface area contributed by atoms with Crippen molar-refractivity contribution in [1.82, 2.24) is 5.32 Å². The standard InChI is InChI=1S/C12H15NO2/c1-2-4-10(5-3-1)11-6-15-12(7-13-11)8-14-9-12/h1-5,11,13H,6-9H2. The maximum absolute atomic E-state index is 5.88. The molecule has 2 fully saturated rings. The first-order valence-electron chi connectivity index (χ1n) is 5.38. The van der Waals surface area contributed by atoms with E-state index in [0.717, 1.165) is 26.4 Å². The van der Waals surface area contributed by atoms with Gasteiger partial charge in [0.15, 0.2) is 0 Å². The van der Waals surface area contributed by atoms with E-state index < -0.39 is 0 Å². The zero-order valence-electron chi connectivity index (χ0n) is 8.61. The van der Waals surface area contributed by atoms with E-state index >= 15 is 0 Å². The molecule has 1 unspecified atom stereocenters. The third kappa shape index (κ3) is 1.67. The molecule has 2 saturated heterocycles. The lowest BCUT2D eigenvalue weighted by Crippen LogP contribution is -2.62. The van der Waals surface area contributed by atoms with Gasteiger partial charge in [-0.1, -0.05) is 30.3 Å². The third-order valence-corrected chi connectivity index (χ3v) is 3.16. The summed E-state index contributed by atoms with van der Waals surface area (Å²) in [5, 5.41) is 3.52. The zero-order chi connectivity index (χ0) is 10.1. The minimum Gasteiger partial charge on any atom is -0.375 e. The molecule has 0 radical (unpaired) electrons. The van der Waals surface area contributed by atoms with Gasteiger partial charge >= 0.3 is 0 Å². The van der Waals surface area contributed by atoms with E-state index in [1.165, 1.54) is 5.56 Å². The van der Waals surface area contributed by atoms with Crippen molar-refractivity contribution >= 4 is 0 Å². The van der Waals surface area contributed by atoms with Gasteiger partial charge in [0.05, 0.1) is 25.9 Å². The van der Waals surface area contributed by atoms with Crippen molar-refractivity contribution in [1.29, 1.82) is 0 Å². The lowest BCUT2D eigenvalue weighted by molar-refractivity contribution is -0.224. The molecule has 0 aromatic heterocycles. The second-order valence-electron chi connectivity index (χ2n) is 4.33. The predicted molar refractivity (Wildman–Crippen MR) is 56.7 cm³/mol. The van der Waals surface area contributed by atoms with E-state index in [0.29, 0.717) is 6.04 Å². The van der Waals surface area contributed by atoms with Gasteiger partial charge in [0, 0.05) is 6.54 Å². The fourth-order valence-electron chi connectivity index (χ4n) is 2.09. The summed E-state index contributed by atoms with van der Waals surface area (Å²) in [6.07, 6.45) is 0. The van der Waals surface area contributed by atoms with E-state index in [1.807, 2.05) is 6.07 Å². The Kier molecular flexibility index (Phi) is 2.24. The maximum atomic E-state index is 5.88. The molecular weight excluding hydrogens is 190 g/mol. The summed E-state index contributed by atoms with van der Waals surface area (Å²) in [5.74, 6) is 0. The normalized spacial score (nSPS) is 28.7. The van der Waals surface area contributed by atoms with Crippen LogP contribution in [0, 0.1) is 0 Å². The SMILES string of the molecule is c1ccc(C2COC3(CN2)COC3)cc1. The summed E-state index contributed by atoms with van der Waals surface area (Å²) in [4.78, 5) is 0. The highest BCUT2D eigenvalue weighted by molar-refractivity contribution is 5.20. The Morgan fingerprint density at radius 1 is 1.20 bits per heavy atom. The molecule has 1 atom stereocenters. The molecule has 2 aliphatic rings. The number of hydrogen-bond acceptors (Lipinski definition) is 3. The fraction of sp³-hybridized carbons (Fsp3) is 0.500. The number of hydrogen-bond donors (Lipinski definition) is 1. The third-order valence-electron chi connectivity index (χ3n) is 3.16. The zero-order valence-corrected chi connectivity index (χ0v) is 8.61. The predicted octanol–water partition coefficient (Wildman–Crippen LogP) is 1.12. The summed E-state index contributed by atoms with van der Waals surface area (Å²) in [7, 11) is 0. The topological polar surface area (TPSA) is 30.5 Å². The smallest absolute Gasteiger partial charge is 0.127 e. The van der Waals surface area contributed by atoms with E-state index in [9.17, 15) is 0 Å². The molecule has 2 aliphatic heterocycles. The van der Waals surface area contributed by atoms with Crippen LogP contribution in [0.2, 0.25) is 0 Å². The van der Waals surface area contributed by atoms with Crippen LogP contribution in [-0.2, 0) is 9.47 Å². The van der Waals surface area contributed by atoms with Crippen LogP contribution in [0.25, 0.3) is 0 Å². The van der Waals surface area contributed by atoms with Crippen LogP contribution in [0.5, 0.6) is 0 Å². The van der Waals surface area contributed by atoms with Gasteiger partial charge in [-0.05, 0) is 5.56 Å². The monoisotopic (exact) mass is 205 g/mol. The Balaban J connectivity index is 1.67. The molecule has 80 valence electrons. The quantitative estimate of drug-likeness (QED) is 0.745. The second-order valence-corrected chi connectivity index (χ2v) is 4.33. The van der Waals surface area contributed by atoms with Crippen LogP contribution >= 0.6 is 0 Å². The van der Waals surface area contributed by atoms with E-state index in [-0.39, 0.29) is 5.60 Å². The van der Waals surface area contributed by atoms with Crippen molar-refractivity contribution < 1.29 is 9.47 Å². The molecule has 2 heterocycles. The van der Waals surface area contributed by atoms with Crippen LogP contribution in [0.4, 0.5) is 0 Å². The summed E-state index contributed by atoms with van der Waals surface area (Å²) in [5.41, 5.74) is 1.28. The second kappa shape index (κ2) is 3.59. The van der Waals surface area contributed by atoms with Gasteiger partial charge in [-0.3, -0.25) is 0 Å². The highest BCUT2D eigenvalue weighted by Crippen LogP contribution is 2.28. The largest absolute Gasteiger partial charge is 0.375 e. The average molecular weight is 205 g/mol. The first kappa shape index (κ1) is 9.33. The molecule has 15 heavy (non-hydrogen) atoms. The Morgan fingerprint density at radius 2 is 2.00 bits per heavy atom. The van der Waals surface area contributed by atoms with Gasteiger partial charge in [0.25, 0.3) is 0 Å². The number of nitrogens with one attached hydrogen (secondary N) is 1. The van der Waals surface area contributed by atoms with E-state index in [1.54, 1.807) is 0 Å². The molecule has 0 aliphatic carbocycles. The molecule has 0 saturated carbocycles. The van der Waals surface area contributed by atoms with Crippen LogP contribution in [0.1, 0.15) is 11.6 Å². The number of rotatable bonds is 1. The molecule has 1 aromatic rings. The lowest BCUT2D eigenvalue weighted by Gasteiger charge is -2.46. The van der Waals surface area contributed by atoms with Crippen molar-refractivity contribution in [2.24, 2.45) is 0 Å². The number of morpholine rings is 1. The minimum atomic E-state index is -0.0225. The molecule has 1 N–H and O–H groups in total. The van der Waals surface area contributed by atoms with Gasteiger partial charge in [-0.2, -0.15) is 0 Å². The van der Waals surface area contributed by atoms with Crippen LogP contribution < -0.4 is 5.32 Å². The van der Waals surface area contributed by atoms with Gasteiger partial charge < -0.3 is 14.8 Å². The van der Waals surface area contributed by atoms with Crippen molar-refractivity contribution in [3.8, 4) is 0 Å². The Labute approximate surface area is 89.4 Å². The van der Waals surface area contributed by atoms with Crippen LogP contribution in [0.15, 0.2) is 30.3 Å². The summed E-state index contributed by atoms with van der Waals surface area (Å²) in [6, 6.07) is 10.8. The molecular formula is C12H15NO2. The lowest BCUT2D eigenvalue weighted by atomic mass is 9.97. The van der Waals surface area contributed by atoms with Crippen LogP contribution in [0.3, 0.4) is 0 Å². The Morgan fingerprint density at radius 3 is 2.53 bits per heavy atom. The Bertz CT molecular complexity index is 325. The molecule has 0 amide bonds. The number of benzene rings is 1. The van der Waals surface area contributed by atoms with Crippen molar-refractivity contribution in [3.63, 3.8) is 0 Å². The number of ether oxygens (including phenoxy) is 2. The molecule has 0 bridgehead atoms. The van der Waals surface area contributed by atoms with Crippen molar-refractivity contribution in [2.45, 2.75) is 11.6 Å². The highest BCUT2D eigenvalue weighted by atomic mass is 16.6. The average Bonchev–Trinajstić information content (AvgIpc) is 2.28. The highest BCUT2D eigenvalue weighted by Gasteiger charge is 2.43. The molecule has 3 rings (SSSR count). The van der Waals surface area contributed by atoms with Gasteiger partial charge in [0.2, 0.25) is 0 Å². The van der Waals surface area contributed by atoms with Crippen molar-refractivity contribution in [2.75, 3.05) is 26.4 Å². The maximum Gasteiger partial charge on any atom is 0.127 e. The van der Waals surface area contributed by atoms with Gasteiger partial charge in [-0.25, -0.2) is 0 Å². The molecule has 1 spiro atoms. The fourth-order valence-corrected chi connectivity index (χ4v) is 2.09. The Hall–Kier alpha value is -0.900. The molecule has 1 aromatic carbocycles. The molecule has 3 nitrogen and oxygen atoms in total. The first-order valence-corrected chi connectivity index (χ1v) is 5.38. The van der Waals surface area contributed by atoms with Crippen molar-refractivity contribution in [3.05, 3.63) is 35.9 Å². The van der Waals surface area contributed by atoms with Gasteiger partial charge in [0.1, 0.15) is 5.60 Å².